The summed E-state index contributed by atoms with van der Waals surface area (Å²) < 4.78 is 32.9. The summed E-state index contributed by atoms with van der Waals surface area (Å²) in [5, 5.41) is 2.55. The fraction of sp³-hybridized carbons (Fsp3) is 0.261. The Labute approximate surface area is 197 Å². The van der Waals surface area contributed by atoms with Crippen LogP contribution in [0.1, 0.15) is 20.8 Å². The van der Waals surface area contributed by atoms with Gasteiger partial charge in [-0.3, -0.25) is 4.79 Å². The van der Waals surface area contributed by atoms with Gasteiger partial charge < -0.3 is 9.64 Å². The molecule has 2 heterocycles. The predicted octanol–water partition coefficient (Wildman–Crippen LogP) is 4.44. The summed E-state index contributed by atoms with van der Waals surface area (Å²) in [6.07, 6.45) is 0. The largest absolute Gasteiger partial charge is 0.489 e. The van der Waals surface area contributed by atoms with E-state index in [1.165, 1.54) is 15.6 Å². The average Bonchev–Trinajstić information content (AvgIpc) is 3.28. The van der Waals surface area contributed by atoms with E-state index in [0.29, 0.717) is 35.3 Å². The van der Waals surface area contributed by atoms with Gasteiger partial charge in [-0.05, 0) is 54.8 Å². The van der Waals surface area contributed by atoms with E-state index in [9.17, 15) is 13.2 Å². The molecule has 1 amide bonds. The van der Waals surface area contributed by atoms with E-state index in [4.69, 9.17) is 16.3 Å². The lowest BCUT2D eigenvalue weighted by Crippen LogP contribution is -2.50. The highest BCUT2D eigenvalue weighted by Crippen LogP contribution is 2.23. The highest BCUT2D eigenvalue weighted by atomic mass is 35.5. The van der Waals surface area contributed by atoms with Crippen LogP contribution in [0.5, 0.6) is 5.75 Å². The molecule has 2 aromatic carbocycles. The van der Waals surface area contributed by atoms with Crippen LogP contribution in [0.4, 0.5) is 0 Å². The number of benzene rings is 2. The van der Waals surface area contributed by atoms with Crippen molar-refractivity contribution in [2.24, 2.45) is 0 Å². The van der Waals surface area contributed by atoms with E-state index < -0.39 is 10.0 Å². The molecular weight excluding hydrogens is 468 g/mol. The second-order valence-corrected chi connectivity index (χ2v) is 10.9. The van der Waals surface area contributed by atoms with Crippen LogP contribution in [0, 0.1) is 6.92 Å². The van der Waals surface area contributed by atoms with E-state index in [1.54, 1.807) is 53.4 Å². The first-order chi connectivity index (χ1) is 15.3. The lowest BCUT2D eigenvalue weighted by Gasteiger charge is -2.33. The van der Waals surface area contributed by atoms with Gasteiger partial charge in [0.25, 0.3) is 5.91 Å². The molecule has 0 atom stereocenters. The number of hydrogen-bond acceptors (Lipinski definition) is 5. The van der Waals surface area contributed by atoms with E-state index in [0.717, 1.165) is 11.1 Å². The Hall–Kier alpha value is -2.39. The predicted molar refractivity (Wildman–Crippen MR) is 126 cm³/mol. The second-order valence-electron chi connectivity index (χ2n) is 7.57. The molecule has 0 aliphatic carbocycles. The number of rotatable bonds is 6. The van der Waals surface area contributed by atoms with Gasteiger partial charge in [0.15, 0.2) is 0 Å². The summed E-state index contributed by atoms with van der Waals surface area (Å²) in [5.74, 6) is 0.625. The number of hydrogen-bond donors (Lipinski definition) is 0. The number of thiophene rings is 1. The number of nitrogens with zero attached hydrogens (tertiary/aromatic N) is 2. The van der Waals surface area contributed by atoms with Crippen LogP contribution in [0.2, 0.25) is 5.02 Å². The number of aryl methyl sites for hydroxylation is 1. The number of sulfonamides is 1. The molecule has 1 aliphatic rings. The van der Waals surface area contributed by atoms with Crippen molar-refractivity contribution < 1.29 is 17.9 Å². The van der Waals surface area contributed by atoms with Gasteiger partial charge in [0.2, 0.25) is 10.0 Å². The number of carbonyl (C=O) groups excluding carboxylic acids is 1. The fourth-order valence-electron chi connectivity index (χ4n) is 3.41. The Kier molecular flexibility index (Phi) is 6.85. The first kappa shape index (κ1) is 22.8. The van der Waals surface area contributed by atoms with Gasteiger partial charge in [0.05, 0.1) is 9.77 Å². The van der Waals surface area contributed by atoms with Crippen LogP contribution < -0.4 is 4.74 Å². The number of amides is 1. The third-order valence-electron chi connectivity index (χ3n) is 5.27. The minimum atomic E-state index is -3.55. The lowest BCUT2D eigenvalue weighted by molar-refractivity contribution is 0.0702. The number of piperazine rings is 1. The van der Waals surface area contributed by atoms with E-state index in [1.807, 2.05) is 18.4 Å². The van der Waals surface area contributed by atoms with Gasteiger partial charge in [-0.2, -0.15) is 4.31 Å². The number of carbonyl (C=O) groups is 1. The molecule has 0 unspecified atom stereocenters. The molecule has 0 spiro atoms. The summed E-state index contributed by atoms with van der Waals surface area (Å²) >= 11 is 7.25. The minimum absolute atomic E-state index is 0.0832. The van der Waals surface area contributed by atoms with Crippen LogP contribution in [0.3, 0.4) is 0 Å². The topological polar surface area (TPSA) is 66.9 Å². The maximum absolute atomic E-state index is 12.9. The zero-order valence-corrected chi connectivity index (χ0v) is 19.9. The smallest absolute Gasteiger partial charge is 0.264 e. The van der Waals surface area contributed by atoms with Crippen LogP contribution in [-0.4, -0.2) is 49.7 Å². The Morgan fingerprint density at radius 1 is 1.03 bits per heavy atom. The van der Waals surface area contributed by atoms with Crippen LogP contribution >= 0.6 is 22.9 Å². The Bertz CT molecular complexity index is 1180. The Morgan fingerprint density at radius 2 is 1.69 bits per heavy atom. The van der Waals surface area contributed by atoms with Gasteiger partial charge in [0, 0.05) is 36.8 Å². The Morgan fingerprint density at radius 3 is 2.34 bits per heavy atom. The normalized spacial score (nSPS) is 15.0. The number of halogens is 1. The standard InChI is InChI=1S/C23H23ClN2O4S2/c1-17-2-8-21(9-3-17)32(28,29)26-12-10-25(11-13-26)23(27)22-14-18(16-31-22)15-30-20-6-4-19(24)5-7-20/h2-9,14,16H,10-13,15H2,1H3. The van der Waals surface area contributed by atoms with Gasteiger partial charge in [-0.1, -0.05) is 29.3 Å². The quantitative estimate of drug-likeness (QED) is 0.512. The van der Waals surface area contributed by atoms with Gasteiger partial charge in [-0.25, -0.2) is 8.42 Å². The van der Waals surface area contributed by atoms with E-state index in [-0.39, 0.29) is 23.9 Å². The minimum Gasteiger partial charge on any atom is -0.489 e. The van der Waals surface area contributed by atoms with Gasteiger partial charge in [-0.15, -0.1) is 11.3 Å². The fourth-order valence-corrected chi connectivity index (χ4v) is 5.82. The molecule has 6 nitrogen and oxygen atoms in total. The summed E-state index contributed by atoms with van der Waals surface area (Å²) in [4.78, 5) is 15.5. The molecule has 0 saturated carbocycles. The Balaban J connectivity index is 1.33. The molecule has 1 aromatic heterocycles. The first-order valence-electron chi connectivity index (χ1n) is 10.1. The highest BCUT2D eigenvalue weighted by Gasteiger charge is 2.30. The monoisotopic (exact) mass is 490 g/mol. The van der Waals surface area contributed by atoms with Crippen molar-refractivity contribution in [3.8, 4) is 5.75 Å². The number of ether oxygens (including phenoxy) is 1. The van der Waals surface area contributed by atoms with Gasteiger partial charge in [0.1, 0.15) is 12.4 Å². The SMILES string of the molecule is Cc1ccc(S(=O)(=O)N2CCN(C(=O)c3cc(COc4ccc(Cl)cc4)cs3)CC2)cc1. The maximum Gasteiger partial charge on any atom is 0.264 e. The molecule has 32 heavy (non-hydrogen) atoms. The zero-order chi connectivity index (χ0) is 22.7. The van der Waals surface area contributed by atoms with Crippen molar-refractivity contribution in [3.63, 3.8) is 0 Å². The zero-order valence-electron chi connectivity index (χ0n) is 17.5. The molecule has 1 aliphatic heterocycles. The van der Waals surface area contributed by atoms with Crippen molar-refractivity contribution in [3.05, 3.63) is 81.0 Å². The van der Waals surface area contributed by atoms with E-state index >= 15 is 0 Å². The first-order valence-corrected chi connectivity index (χ1v) is 12.8. The lowest BCUT2D eigenvalue weighted by atomic mass is 10.2. The second kappa shape index (κ2) is 9.62. The summed E-state index contributed by atoms with van der Waals surface area (Å²) in [6, 6.07) is 15.8. The molecule has 9 heteroatoms. The van der Waals surface area contributed by atoms with E-state index in [2.05, 4.69) is 0 Å². The van der Waals surface area contributed by atoms with Crippen molar-refractivity contribution in [1.82, 2.24) is 9.21 Å². The third-order valence-corrected chi connectivity index (χ3v) is 8.40. The molecule has 1 saturated heterocycles. The average molecular weight is 491 g/mol. The third kappa shape index (κ3) is 5.15. The van der Waals surface area contributed by atoms with Crippen molar-refractivity contribution in [2.75, 3.05) is 26.2 Å². The maximum atomic E-state index is 12.9. The summed E-state index contributed by atoms with van der Waals surface area (Å²) in [7, 11) is -3.55. The van der Waals surface area contributed by atoms with Crippen LogP contribution in [-0.2, 0) is 16.6 Å². The molecule has 0 N–H and O–H groups in total. The van der Waals surface area contributed by atoms with Crippen molar-refractivity contribution in [1.29, 1.82) is 0 Å². The molecule has 3 aromatic rings. The van der Waals surface area contributed by atoms with Crippen molar-refractivity contribution >= 4 is 38.9 Å². The van der Waals surface area contributed by atoms with Crippen LogP contribution in [0.15, 0.2) is 64.9 Å². The van der Waals surface area contributed by atoms with Crippen molar-refractivity contribution in [2.45, 2.75) is 18.4 Å². The molecule has 0 radical (unpaired) electrons. The summed E-state index contributed by atoms with van der Waals surface area (Å²) in [6.45, 7) is 3.55. The molecule has 0 bridgehead atoms. The van der Waals surface area contributed by atoms with Gasteiger partial charge >= 0.3 is 0 Å². The summed E-state index contributed by atoms with van der Waals surface area (Å²) in [5.41, 5.74) is 1.92. The molecule has 168 valence electrons. The molecule has 1 fully saturated rings. The molecular formula is C23H23ClN2O4S2. The van der Waals surface area contributed by atoms with Crippen LogP contribution in [0.25, 0.3) is 0 Å². The highest BCUT2D eigenvalue weighted by molar-refractivity contribution is 7.89. The molecule has 4 rings (SSSR count).